The summed E-state index contributed by atoms with van der Waals surface area (Å²) in [6, 6.07) is 7.64. The number of rotatable bonds is 7. The number of carbonyl (C=O) groups excluding carboxylic acids is 2. The largest absolute Gasteiger partial charge is 0.353 e. The van der Waals surface area contributed by atoms with Gasteiger partial charge in [0.25, 0.3) is 5.91 Å². The number of carbonyl (C=O) groups is 2. The molecule has 24 heavy (non-hydrogen) atoms. The number of hydrogen-bond donors (Lipinski definition) is 2. The predicted octanol–water partition coefficient (Wildman–Crippen LogP) is 3.61. The predicted molar refractivity (Wildman–Crippen MR) is 99.4 cm³/mol. The molecule has 132 valence electrons. The van der Waals surface area contributed by atoms with E-state index in [1.54, 1.807) is 0 Å². The Morgan fingerprint density at radius 2 is 1.88 bits per heavy atom. The third-order valence-electron chi connectivity index (χ3n) is 4.22. The van der Waals surface area contributed by atoms with Gasteiger partial charge in [-0.25, -0.2) is 0 Å². The number of hydrogen-bond acceptors (Lipinski definition) is 3. The van der Waals surface area contributed by atoms with Crippen molar-refractivity contribution in [1.82, 2.24) is 10.6 Å². The summed E-state index contributed by atoms with van der Waals surface area (Å²) in [6.45, 7) is 4.64. The molecule has 1 saturated carbocycles. The molecule has 1 aliphatic carbocycles. The standard InChI is InChI=1S/C19H28N2O2S/c1-14(2)21-18(22)13-24-17-11-7-6-10-16(17)19(23)20-12-15-8-4-3-5-9-15/h6-7,10-11,14-15H,3-5,8-9,12-13H2,1-2H3,(H,20,23)(H,21,22). The fourth-order valence-corrected chi connectivity index (χ4v) is 3.87. The lowest BCUT2D eigenvalue weighted by Gasteiger charge is -2.22. The van der Waals surface area contributed by atoms with Crippen LogP contribution >= 0.6 is 11.8 Å². The maximum Gasteiger partial charge on any atom is 0.252 e. The van der Waals surface area contributed by atoms with Gasteiger partial charge in [0.05, 0.1) is 11.3 Å². The maximum absolute atomic E-state index is 12.5. The maximum atomic E-state index is 12.5. The molecule has 1 fully saturated rings. The Bertz CT molecular complexity index is 554. The first-order chi connectivity index (χ1) is 11.6. The van der Waals surface area contributed by atoms with E-state index in [1.165, 1.54) is 43.9 Å². The van der Waals surface area contributed by atoms with Crippen LogP contribution in [0.4, 0.5) is 0 Å². The zero-order valence-corrected chi connectivity index (χ0v) is 15.5. The molecule has 0 heterocycles. The molecular weight excluding hydrogens is 320 g/mol. The summed E-state index contributed by atoms with van der Waals surface area (Å²) in [7, 11) is 0. The molecule has 0 bridgehead atoms. The number of nitrogens with one attached hydrogen (secondary N) is 2. The van der Waals surface area contributed by atoms with Crippen molar-refractivity contribution in [3.8, 4) is 0 Å². The van der Waals surface area contributed by atoms with E-state index in [2.05, 4.69) is 10.6 Å². The minimum absolute atomic E-state index is 0.00702. The van der Waals surface area contributed by atoms with Crippen molar-refractivity contribution in [1.29, 1.82) is 0 Å². The fourth-order valence-electron chi connectivity index (χ4n) is 3.01. The highest BCUT2D eigenvalue weighted by Gasteiger charge is 2.17. The van der Waals surface area contributed by atoms with Crippen molar-refractivity contribution in [3.63, 3.8) is 0 Å². The third-order valence-corrected chi connectivity index (χ3v) is 5.29. The van der Waals surface area contributed by atoms with Gasteiger partial charge >= 0.3 is 0 Å². The molecule has 0 saturated heterocycles. The Labute approximate surface area is 149 Å². The summed E-state index contributed by atoms with van der Waals surface area (Å²) in [4.78, 5) is 25.2. The van der Waals surface area contributed by atoms with Crippen molar-refractivity contribution in [2.24, 2.45) is 5.92 Å². The van der Waals surface area contributed by atoms with Crippen LogP contribution in [0.15, 0.2) is 29.2 Å². The van der Waals surface area contributed by atoms with Crippen LogP contribution in [-0.2, 0) is 4.79 Å². The van der Waals surface area contributed by atoms with Gasteiger partial charge in [0, 0.05) is 17.5 Å². The summed E-state index contributed by atoms with van der Waals surface area (Å²) in [6.07, 6.45) is 6.30. The number of amides is 2. The topological polar surface area (TPSA) is 58.2 Å². The van der Waals surface area contributed by atoms with E-state index in [0.717, 1.165) is 11.4 Å². The molecule has 0 atom stereocenters. The van der Waals surface area contributed by atoms with Crippen LogP contribution in [-0.4, -0.2) is 30.2 Å². The summed E-state index contributed by atoms with van der Waals surface area (Å²) in [5.41, 5.74) is 0.663. The summed E-state index contributed by atoms with van der Waals surface area (Å²) < 4.78 is 0. The van der Waals surface area contributed by atoms with Gasteiger partial charge in [-0.1, -0.05) is 31.4 Å². The molecule has 1 aromatic carbocycles. The second kappa shape index (κ2) is 9.72. The normalized spacial score (nSPS) is 15.3. The van der Waals surface area contributed by atoms with Crippen molar-refractivity contribution in [2.45, 2.75) is 56.9 Å². The van der Waals surface area contributed by atoms with Gasteiger partial charge < -0.3 is 10.6 Å². The lowest BCUT2D eigenvalue weighted by molar-refractivity contribution is -0.119. The molecule has 2 N–H and O–H groups in total. The highest BCUT2D eigenvalue weighted by molar-refractivity contribution is 8.00. The van der Waals surface area contributed by atoms with E-state index in [1.807, 2.05) is 38.1 Å². The second-order valence-electron chi connectivity index (χ2n) is 6.72. The smallest absolute Gasteiger partial charge is 0.252 e. The highest BCUT2D eigenvalue weighted by Crippen LogP contribution is 2.24. The van der Waals surface area contributed by atoms with Gasteiger partial charge in [-0.3, -0.25) is 9.59 Å². The Morgan fingerprint density at radius 1 is 1.17 bits per heavy atom. The first kappa shape index (κ1) is 18.8. The van der Waals surface area contributed by atoms with E-state index in [4.69, 9.17) is 0 Å². The van der Waals surface area contributed by atoms with Gasteiger partial charge in [-0.15, -0.1) is 11.8 Å². The SMILES string of the molecule is CC(C)NC(=O)CSc1ccccc1C(=O)NCC1CCCCC1. The average Bonchev–Trinajstić information content (AvgIpc) is 2.58. The molecule has 2 amide bonds. The van der Waals surface area contributed by atoms with E-state index in [0.29, 0.717) is 17.2 Å². The monoisotopic (exact) mass is 348 g/mol. The Hall–Kier alpha value is -1.49. The van der Waals surface area contributed by atoms with Crippen molar-refractivity contribution in [3.05, 3.63) is 29.8 Å². The summed E-state index contributed by atoms with van der Waals surface area (Å²) in [5, 5.41) is 5.95. The minimum Gasteiger partial charge on any atom is -0.353 e. The zero-order chi connectivity index (χ0) is 17.4. The van der Waals surface area contributed by atoms with Gasteiger partial charge in [-0.05, 0) is 44.7 Å². The van der Waals surface area contributed by atoms with Crippen LogP contribution < -0.4 is 10.6 Å². The van der Waals surface area contributed by atoms with E-state index >= 15 is 0 Å². The van der Waals surface area contributed by atoms with Crippen LogP contribution in [0.3, 0.4) is 0 Å². The molecule has 0 aromatic heterocycles. The van der Waals surface area contributed by atoms with Crippen molar-refractivity contribution < 1.29 is 9.59 Å². The molecule has 4 nitrogen and oxygen atoms in total. The fraction of sp³-hybridized carbons (Fsp3) is 0.579. The third kappa shape index (κ3) is 6.19. The first-order valence-electron chi connectivity index (χ1n) is 8.85. The Kier molecular flexibility index (Phi) is 7.63. The van der Waals surface area contributed by atoms with Crippen LogP contribution in [0.2, 0.25) is 0 Å². The van der Waals surface area contributed by atoms with E-state index < -0.39 is 0 Å². The molecule has 0 radical (unpaired) electrons. The van der Waals surface area contributed by atoms with Crippen LogP contribution in [0.1, 0.15) is 56.3 Å². The quantitative estimate of drug-likeness (QED) is 0.740. The molecular formula is C19H28N2O2S. The van der Waals surface area contributed by atoms with Gasteiger partial charge in [0.2, 0.25) is 5.91 Å². The Morgan fingerprint density at radius 3 is 2.58 bits per heavy atom. The van der Waals surface area contributed by atoms with Crippen molar-refractivity contribution in [2.75, 3.05) is 12.3 Å². The zero-order valence-electron chi connectivity index (χ0n) is 14.6. The lowest BCUT2D eigenvalue weighted by Crippen LogP contribution is -2.32. The van der Waals surface area contributed by atoms with Gasteiger partial charge in [-0.2, -0.15) is 0 Å². The number of thioether (sulfide) groups is 1. The minimum atomic E-state index is -0.0343. The second-order valence-corrected chi connectivity index (χ2v) is 7.74. The van der Waals surface area contributed by atoms with Gasteiger partial charge in [0.15, 0.2) is 0 Å². The number of benzene rings is 1. The van der Waals surface area contributed by atoms with Crippen LogP contribution in [0, 0.1) is 5.92 Å². The first-order valence-corrected chi connectivity index (χ1v) is 9.84. The average molecular weight is 349 g/mol. The molecule has 2 rings (SSSR count). The summed E-state index contributed by atoms with van der Waals surface area (Å²) in [5.74, 6) is 0.894. The lowest BCUT2D eigenvalue weighted by atomic mass is 9.89. The molecule has 1 aromatic rings. The highest BCUT2D eigenvalue weighted by atomic mass is 32.2. The van der Waals surface area contributed by atoms with Crippen molar-refractivity contribution >= 4 is 23.6 Å². The Balaban J connectivity index is 1.89. The molecule has 0 spiro atoms. The molecule has 0 unspecified atom stereocenters. The van der Waals surface area contributed by atoms with Gasteiger partial charge in [0.1, 0.15) is 0 Å². The van der Waals surface area contributed by atoms with Crippen LogP contribution in [0.5, 0.6) is 0 Å². The van der Waals surface area contributed by atoms with E-state index in [-0.39, 0.29) is 17.9 Å². The van der Waals surface area contributed by atoms with E-state index in [9.17, 15) is 9.59 Å². The molecule has 0 aliphatic heterocycles. The van der Waals surface area contributed by atoms with Crippen LogP contribution in [0.25, 0.3) is 0 Å². The molecule has 1 aliphatic rings. The molecule has 5 heteroatoms. The summed E-state index contributed by atoms with van der Waals surface area (Å²) >= 11 is 1.41.